The molecular formula is C58H99N21O13S3. The topological polar surface area (TPSA) is 568 Å². The monoisotopic (exact) mass is 1390 g/mol. The van der Waals surface area contributed by atoms with Crippen LogP contribution in [0.25, 0.3) is 0 Å². The highest BCUT2D eigenvalue weighted by Crippen LogP contribution is 2.21. The van der Waals surface area contributed by atoms with Crippen molar-refractivity contribution in [3.63, 3.8) is 0 Å². The molecule has 0 unspecified atom stereocenters. The van der Waals surface area contributed by atoms with Gasteiger partial charge >= 0.3 is 0 Å². The van der Waals surface area contributed by atoms with Crippen LogP contribution in [0.15, 0.2) is 39.2 Å². The van der Waals surface area contributed by atoms with Crippen molar-refractivity contribution in [1.82, 2.24) is 58.1 Å². The molecule has 1 fully saturated rings. The summed E-state index contributed by atoms with van der Waals surface area (Å²) in [6.45, 7) is 7.62. The van der Waals surface area contributed by atoms with Gasteiger partial charge in [0.15, 0.2) is 17.9 Å². The number of carbonyl (C=O) groups is 12. The molecule has 532 valence electrons. The third-order valence-electron chi connectivity index (χ3n) is 14.6. The first-order valence-electron chi connectivity index (χ1n) is 31.0. The van der Waals surface area contributed by atoms with Gasteiger partial charge in [-0.1, -0.05) is 39.8 Å². The predicted molar refractivity (Wildman–Crippen MR) is 367 cm³/mol. The van der Waals surface area contributed by atoms with Crippen LogP contribution in [0.2, 0.25) is 0 Å². The van der Waals surface area contributed by atoms with Gasteiger partial charge in [0.25, 0.3) is 0 Å². The highest BCUT2D eigenvalue weighted by Gasteiger charge is 2.40. The number of amides is 12. The number of hydrogen-bond donors (Lipinski definition) is 20. The molecule has 10 atom stereocenters. The van der Waals surface area contributed by atoms with Gasteiger partial charge in [0.2, 0.25) is 70.9 Å². The minimum absolute atomic E-state index is 0.0108. The maximum atomic E-state index is 14.6. The third kappa shape index (κ3) is 31.5. The number of guanidine groups is 3. The van der Waals surface area contributed by atoms with Crippen molar-refractivity contribution in [1.29, 1.82) is 0 Å². The van der Waals surface area contributed by atoms with E-state index in [2.05, 4.69) is 93.4 Å². The second-order valence-corrected chi connectivity index (χ2v) is 25.0. The van der Waals surface area contributed by atoms with Crippen LogP contribution in [-0.2, 0) is 64.0 Å². The minimum Gasteiger partial charge on any atom is -0.508 e. The first-order valence-corrected chi connectivity index (χ1v) is 33.7. The Bertz CT molecular complexity index is 2840. The zero-order valence-electron chi connectivity index (χ0n) is 54.7. The summed E-state index contributed by atoms with van der Waals surface area (Å²) in [5, 5.41) is 36.2. The molecule has 0 bridgehead atoms. The normalized spacial score (nSPS) is 15.4. The smallest absolute Gasteiger partial charge is 0.245 e. The average molecular weight is 1390 g/mol. The molecule has 37 heteroatoms. The van der Waals surface area contributed by atoms with E-state index in [1.807, 2.05) is 0 Å². The number of phenols is 1. The van der Waals surface area contributed by atoms with E-state index in [0.717, 1.165) is 0 Å². The number of aliphatic imine (C=N–C) groups is 3. The van der Waals surface area contributed by atoms with E-state index in [-0.39, 0.29) is 125 Å². The maximum Gasteiger partial charge on any atom is 0.245 e. The van der Waals surface area contributed by atoms with Crippen LogP contribution < -0.4 is 93.3 Å². The van der Waals surface area contributed by atoms with Crippen LogP contribution in [0.5, 0.6) is 5.75 Å². The van der Waals surface area contributed by atoms with E-state index >= 15 is 0 Å². The van der Waals surface area contributed by atoms with E-state index < -0.39 is 144 Å². The van der Waals surface area contributed by atoms with Gasteiger partial charge < -0.3 is 103 Å². The molecule has 1 aliphatic heterocycles. The second-order valence-electron chi connectivity index (χ2n) is 23.3. The third-order valence-corrected chi connectivity index (χ3v) is 15.9. The van der Waals surface area contributed by atoms with Crippen LogP contribution in [0.1, 0.15) is 104 Å². The number of primary amides is 1. The minimum atomic E-state index is -1.47. The van der Waals surface area contributed by atoms with Gasteiger partial charge in [0, 0.05) is 51.0 Å². The Kier molecular flexibility index (Phi) is 37.8. The van der Waals surface area contributed by atoms with Crippen molar-refractivity contribution < 1.29 is 62.6 Å². The Morgan fingerprint density at radius 3 is 1.53 bits per heavy atom. The molecule has 34 nitrogen and oxygen atoms in total. The van der Waals surface area contributed by atoms with E-state index in [1.54, 1.807) is 34.0 Å². The molecule has 1 saturated heterocycles. The van der Waals surface area contributed by atoms with Crippen molar-refractivity contribution in [2.75, 3.05) is 56.2 Å². The van der Waals surface area contributed by atoms with Gasteiger partial charge in [-0.15, -0.1) is 0 Å². The Labute approximate surface area is 568 Å². The molecule has 95 heavy (non-hydrogen) atoms. The standard InChI is InChI=1S/C58H99N21O13S3/c1-30(2)25-39(74-49(86)37(19-24-95-6)72-52(89)42(29-94)77-48(85)35(70-32(5)80)11-7-20-66-56(60)61)47(84)69-27-44(82)71-36(12-8-21-67-57(62)63)50(87)78-45(31(3)4)54(91)75-40(26-33-15-17-34(81)18-16-33)51(88)73-38(13-9-22-68-58(64)65)55(92)79-23-10-14-43(79)53(90)76-41(28-93)46(59)83/h15-18,30-31,35-43,45,81,93-94H,7-14,19-29H2,1-6H3,(H2,59,83)(H,69,84)(H,70,80)(H,71,82)(H,72,89)(H,73,88)(H,74,86)(H,75,91)(H,76,90)(H,77,85)(H,78,87)(H4,60,61,66)(H4,62,63,67)(H4,64,65,68)/t35-,36-,37-,38-,39-,40-,41-,42-,43-,45-/m0/s1. The van der Waals surface area contributed by atoms with Crippen molar-refractivity contribution in [3.05, 3.63) is 29.8 Å². The number of benzene rings is 1. The van der Waals surface area contributed by atoms with E-state index in [4.69, 9.17) is 40.1 Å². The maximum absolute atomic E-state index is 14.6. The zero-order chi connectivity index (χ0) is 71.5. The number of thioether (sulfide) groups is 1. The van der Waals surface area contributed by atoms with Crippen molar-refractivity contribution >= 4 is 126 Å². The van der Waals surface area contributed by atoms with Gasteiger partial charge in [-0.3, -0.25) is 72.5 Å². The van der Waals surface area contributed by atoms with Crippen LogP contribution in [0.4, 0.5) is 0 Å². The van der Waals surface area contributed by atoms with E-state index in [1.165, 1.54) is 47.9 Å². The van der Waals surface area contributed by atoms with E-state index in [9.17, 15) is 62.6 Å². The van der Waals surface area contributed by atoms with Crippen LogP contribution in [0, 0.1) is 11.8 Å². The van der Waals surface area contributed by atoms with Crippen molar-refractivity contribution in [2.24, 2.45) is 66.9 Å². The lowest BCUT2D eigenvalue weighted by Gasteiger charge is -2.31. The summed E-state index contributed by atoms with van der Waals surface area (Å²) >= 11 is 9.73. The number of thiol groups is 2. The largest absolute Gasteiger partial charge is 0.508 e. The number of phenolic OH excluding ortho intramolecular Hbond substituents is 1. The summed E-state index contributed by atoms with van der Waals surface area (Å²) in [4.78, 5) is 177. The number of nitrogens with one attached hydrogen (secondary N) is 10. The van der Waals surface area contributed by atoms with Crippen LogP contribution >= 0.6 is 37.0 Å². The van der Waals surface area contributed by atoms with Crippen molar-refractivity contribution in [2.45, 2.75) is 166 Å². The molecule has 12 amide bonds. The Morgan fingerprint density at radius 2 is 1.03 bits per heavy atom. The second kappa shape index (κ2) is 43.5. The molecule has 0 aliphatic carbocycles. The van der Waals surface area contributed by atoms with Gasteiger partial charge in [-0.25, -0.2) is 0 Å². The lowest BCUT2D eigenvalue weighted by Crippen LogP contribution is -2.61. The highest BCUT2D eigenvalue weighted by atomic mass is 32.2. The fraction of sp³-hybridized carbons (Fsp3) is 0.638. The summed E-state index contributed by atoms with van der Waals surface area (Å²) in [6.07, 6.45) is 2.87. The Balaban J connectivity index is 2.42. The molecule has 1 heterocycles. The number of aromatic hydroxyl groups is 1. The molecule has 0 saturated carbocycles. The molecule has 0 spiro atoms. The molecular weight excluding hydrogens is 1290 g/mol. The molecule has 0 radical (unpaired) electrons. The highest BCUT2D eigenvalue weighted by molar-refractivity contribution is 7.98. The van der Waals surface area contributed by atoms with Crippen molar-refractivity contribution in [3.8, 4) is 5.75 Å². The number of carbonyl (C=O) groups excluding carboxylic acids is 12. The quantitative estimate of drug-likeness (QED) is 0.0125. The number of likely N-dealkylation sites (tertiary alicyclic amines) is 1. The summed E-state index contributed by atoms with van der Waals surface area (Å²) < 4.78 is 0. The molecule has 1 aromatic rings. The van der Waals surface area contributed by atoms with Gasteiger partial charge in [-0.2, -0.15) is 37.0 Å². The van der Waals surface area contributed by atoms with Gasteiger partial charge in [-0.05, 0) is 106 Å². The number of hydrogen-bond acceptors (Lipinski definition) is 19. The lowest BCUT2D eigenvalue weighted by molar-refractivity contribution is -0.142. The molecule has 25 N–H and O–H groups in total. The molecule has 2 rings (SSSR count). The zero-order valence-corrected chi connectivity index (χ0v) is 57.3. The number of nitrogens with zero attached hydrogens (tertiary/aromatic N) is 4. The first-order chi connectivity index (χ1) is 44.8. The molecule has 0 aromatic heterocycles. The first kappa shape index (κ1) is 82.6. The number of nitrogens with two attached hydrogens (primary N) is 7. The van der Waals surface area contributed by atoms with Gasteiger partial charge in [0.05, 0.1) is 6.54 Å². The Hall–Kier alpha value is -8.48. The average Bonchev–Trinajstić information content (AvgIpc) is 1.79. The summed E-state index contributed by atoms with van der Waals surface area (Å²) in [5.74, 6) is -10.7. The summed E-state index contributed by atoms with van der Waals surface area (Å²) in [7, 11) is 0. The van der Waals surface area contributed by atoms with Crippen LogP contribution in [-0.4, -0.2) is 215 Å². The molecule has 1 aromatic carbocycles. The van der Waals surface area contributed by atoms with Crippen LogP contribution in [0.3, 0.4) is 0 Å². The predicted octanol–water partition coefficient (Wildman–Crippen LogP) is -5.61. The van der Waals surface area contributed by atoms with E-state index in [0.29, 0.717) is 24.2 Å². The lowest BCUT2D eigenvalue weighted by atomic mass is 9.99. The fourth-order valence-electron chi connectivity index (χ4n) is 9.68. The summed E-state index contributed by atoms with van der Waals surface area (Å²) in [5.41, 5.74) is 38.9. The number of rotatable bonds is 43. The molecule has 1 aliphatic rings. The fourth-order valence-corrected chi connectivity index (χ4v) is 10.7. The van der Waals surface area contributed by atoms with Gasteiger partial charge in [0.1, 0.15) is 66.2 Å². The SMILES string of the molecule is CSCC[C@H](NC(=O)[C@H](CS)NC(=O)[C@H](CCCN=C(N)N)NC(C)=O)C(=O)N[C@@H](CC(C)C)C(=O)NCC(=O)N[C@@H](CCCN=C(N)N)C(=O)N[C@H](C(=O)N[C@@H](Cc1ccc(O)cc1)C(=O)N[C@@H](CCCN=C(N)N)C(=O)N1CCC[C@H]1C(=O)N[C@@H](CS)C(N)=O)C(C)C. The summed E-state index contributed by atoms with van der Waals surface area (Å²) in [6, 6.07) is -6.86. The Morgan fingerprint density at radius 1 is 0.568 bits per heavy atom.